The molecule has 0 aliphatic heterocycles. The van der Waals surface area contributed by atoms with Crippen molar-refractivity contribution in [2.45, 2.75) is 57.8 Å². The minimum Gasteiger partial charge on any atom is -0.0622 e. The van der Waals surface area contributed by atoms with Gasteiger partial charge in [-0.25, -0.2) is 0 Å². The van der Waals surface area contributed by atoms with Crippen LogP contribution in [0.1, 0.15) is 68.2 Å². The van der Waals surface area contributed by atoms with Crippen molar-refractivity contribution in [3.8, 4) is 33.4 Å². The highest BCUT2D eigenvalue weighted by Gasteiger charge is 2.59. The van der Waals surface area contributed by atoms with E-state index in [2.05, 4.69) is 142 Å². The molecule has 5 aromatic carbocycles. The molecule has 0 saturated heterocycles. The Bertz CT molecular complexity index is 1720. The zero-order valence-electron chi connectivity index (χ0n) is 25.1. The maximum absolute atomic E-state index is 2.62. The fraction of sp³-hybridized carbons (Fsp3) is 0.286. The van der Waals surface area contributed by atoms with Crippen molar-refractivity contribution in [2.24, 2.45) is 17.3 Å². The second kappa shape index (κ2) is 9.56. The summed E-state index contributed by atoms with van der Waals surface area (Å²) in [6, 6.07) is 45.6. The van der Waals surface area contributed by atoms with Crippen LogP contribution in [0, 0.1) is 17.3 Å². The number of hydrogen-bond donors (Lipinski definition) is 0. The fourth-order valence-corrected chi connectivity index (χ4v) is 9.56. The monoisotopic (exact) mass is 544 g/mol. The van der Waals surface area contributed by atoms with Gasteiger partial charge in [-0.1, -0.05) is 136 Å². The van der Waals surface area contributed by atoms with E-state index in [4.69, 9.17) is 0 Å². The number of hydrogen-bond acceptors (Lipinski definition) is 0. The highest BCUT2D eigenvalue weighted by atomic mass is 14.6. The molecule has 0 amide bonds. The quantitative estimate of drug-likeness (QED) is 0.207. The molecule has 208 valence electrons. The van der Waals surface area contributed by atoms with Crippen molar-refractivity contribution in [3.05, 3.63) is 144 Å². The summed E-state index contributed by atoms with van der Waals surface area (Å²) in [6.07, 6.45) is 4.91. The van der Waals surface area contributed by atoms with Crippen LogP contribution in [0.5, 0.6) is 0 Å². The summed E-state index contributed by atoms with van der Waals surface area (Å²) in [7, 11) is 0. The van der Waals surface area contributed by atoms with E-state index in [1.54, 1.807) is 11.1 Å². The van der Waals surface area contributed by atoms with E-state index in [1.165, 1.54) is 63.8 Å². The standard InChI is InChI=1S/C42H40/c1-41(2)27-42(3,38-20-12-19-36-35-18-11-10-17-30(35)24-37(36)38)40-26-34(25-39(40)41)33-22-31(28-13-6-4-7-14-28)21-32(23-33)29-15-8-5-9-16-29/h4-23,34,39-40H,24-27H2,1-3H3. The molecule has 0 nitrogen and oxygen atoms in total. The lowest BCUT2D eigenvalue weighted by molar-refractivity contribution is 0.239. The Morgan fingerprint density at radius 1 is 0.548 bits per heavy atom. The van der Waals surface area contributed by atoms with Gasteiger partial charge < -0.3 is 0 Å². The summed E-state index contributed by atoms with van der Waals surface area (Å²) in [5, 5.41) is 0. The fourth-order valence-electron chi connectivity index (χ4n) is 9.56. The Labute approximate surface area is 251 Å². The lowest BCUT2D eigenvalue weighted by Gasteiger charge is -2.35. The largest absolute Gasteiger partial charge is 0.0622 e. The van der Waals surface area contributed by atoms with Gasteiger partial charge in [-0.2, -0.15) is 0 Å². The Kier molecular flexibility index (Phi) is 5.87. The molecule has 3 aliphatic rings. The summed E-state index contributed by atoms with van der Waals surface area (Å²) >= 11 is 0. The number of benzene rings is 5. The van der Waals surface area contributed by atoms with E-state index in [1.807, 2.05) is 0 Å². The number of fused-ring (bicyclic) bond motifs is 4. The molecule has 0 heteroatoms. The third kappa shape index (κ3) is 4.03. The molecule has 0 spiro atoms. The van der Waals surface area contributed by atoms with Crippen LogP contribution in [0.4, 0.5) is 0 Å². The minimum absolute atomic E-state index is 0.190. The van der Waals surface area contributed by atoms with Gasteiger partial charge in [-0.15, -0.1) is 0 Å². The van der Waals surface area contributed by atoms with Crippen LogP contribution in [0.15, 0.2) is 121 Å². The molecule has 0 heterocycles. The summed E-state index contributed by atoms with van der Waals surface area (Å²) in [5.74, 6) is 2.00. The van der Waals surface area contributed by atoms with Crippen molar-refractivity contribution < 1.29 is 0 Å². The summed E-state index contributed by atoms with van der Waals surface area (Å²) < 4.78 is 0. The topological polar surface area (TPSA) is 0 Å². The number of rotatable bonds is 4. The molecule has 0 bridgehead atoms. The van der Waals surface area contributed by atoms with E-state index < -0.39 is 0 Å². The van der Waals surface area contributed by atoms with Crippen molar-refractivity contribution in [3.63, 3.8) is 0 Å². The second-order valence-corrected chi connectivity index (χ2v) is 14.2. The molecule has 2 saturated carbocycles. The normalized spacial score (nSPS) is 25.2. The molecular weight excluding hydrogens is 504 g/mol. The van der Waals surface area contributed by atoms with E-state index in [9.17, 15) is 0 Å². The highest BCUT2D eigenvalue weighted by molar-refractivity contribution is 5.78. The molecule has 5 aromatic rings. The van der Waals surface area contributed by atoms with Gasteiger partial charge in [0.1, 0.15) is 0 Å². The van der Waals surface area contributed by atoms with Crippen molar-refractivity contribution in [1.82, 2.24) is 0 Å². The van der Waals surface area contributed by atoms with Crippen LogP contribution in [0.3, 0.4) is 0 Å². The predicted molar refractivity (Wildman–Crippen MR) is 177 cm³/mol. The van der Waals surface area contributed by atoms with Gasteiger partial charge >= 0.3 is 0 Å². The molecule has 3 aliphatic carbocycles. The van der Waals surface area contributed by atoms with Crippen LogP contribution in [0.2, 0.25) is 0 Å². The van der Waals surface area contributed by atoms with Gasteiger partial charge in [0.25, 0.3) is 0 Å². The maximum Gasteiger partial charge on any atom is -0.00105 e. The van der Waals surface area contributed by atoms with Gasteiger partial charge in [0.05, 0.1) is 0 Å². The average molecular weight is 545 g/mol. The molecule has 0 aromatic heterocycles. The van der Waals surface area contributed by atoms with E-state index in [-0.39, 0.29) is 5.41 Å². The molecule has 2 fully saturated rings. The zero-order valence-corrected chi connectivity index (χ0v) is 25.1. The molecular formula is C42H40. The van der Waals surface area contributed by atoms with Gasteiger partial charge in [-0.05, 0) is 116 Å². The van der Waals surface area contributed by atoms with Crippen LogP contribution in [-0.4, -0.2) is 0 Å². The maximum atomic E-state index is 2.62. The highest BCUT2D eigenvalue weighted by Crippen LogP contribution is 2.67. The molecule has 4 atom stereocenters. The van der Waals surface area contributed by atoms with E-state index >= 15 is 0 Å². The Morgan fingerprint density at radius 3 is 1.83 bits per heavy atom. The summed E-state index contributed by atoms with van der Waals surface area (Å²) in [5.41, 5.74) is 15.0. The Balaban J connectivity index is 1.20. The Hall–Kier alpha value is -3.90. The first-order valence-corrected chi connectivity index (χ1v) is 15.9. The molecule has 0 N–H and O–H groups in total. The van der Waals surface area contributed by atoms with Gasteiger partial charge in [0, 0.05) is 0 Å². The third-order valence-electron chi connectivity index (χ3n) is 11.3. The van der Waals surface area contributed by atoms with Crippen LogP contribution < -0.4 is 0 Å². The molecule has 42 heavy (non-hydrogen) atoms. The SMILES string of the molecule is CC1(C)CC(C)(c2cccc3c2Cc2ccccc2-3)C2CC(c3cc(-c4ccccc4)cc(-c4ccccc4)c3)CC21. The van der Waals surface area contributed by atoms with Gasteiger partial charge in [0.15, 0.2) is 0 Å². The predicted octanol–water partition coefficient (Wildman–Crippen LogP) is 11.1. The van der Waals surface area contributed by atoms with Crippen LogP contribution in [-0.2, 0) is 11.8 Å². The van der Waals surface area contributed by atoms with E-state index in [0.717, 1.165) is 12.3 Å². The zero-order chi connectivity index (χ0) is 28.5. The van der Waals surface area contributed by atoms with Gasteiger partial charge in [-0.3, -0.25) is 0 Å². The lowest BCUT2D eigenvalue weighted by atomic mass is 9.69. The average Bonchev–Trinajstić information content (AvgIpc) is 3.70. The Morgan fingerprint density at radius 2 is 1.14 bits per heavy atom. The summed E-state index contributed by atoms with van der Waals surface area (Å²) in [6.45, 7) is 7.74. The van der Waals surface area contributed by atoms with Crippen LogP contribution in [0.25, 0.3) is 33.4 Å². The first-order chi connectivity index (χ1) is 20.4. The third-order valence-corrected chi connectivity index (χ3v) is 11.3. The molecule has 4 unspecified atom stereocenters. The smallest absolute Gasteiger partial charge is 0.00105 e. The molecule has 0 radical (unpaired) electrons. The lowest BCUT2D eigenvalue weighted by Crippen LogP contribution is -2.29. The van der Waals surface area contributed by atoms with Crippen LogP contribution >= 0.6 is 0 Å². The van der Waals surface area contributed by atoms with E-state index in [0.29, 0.717) is 17.3 Å². The molecule has 8 rings (SSSR count). The van der Waals surface area contributed by atoms with Crippen molar-refractivity contribution in [1.29, 1.82) is 0 Å². The second-order valence-electron chi connectivity index (χ2n) is 14.2. The minimum atomic E-state index is 0.190. The van der Waals surface area contributed by atoms with Crippen molar-refractivity contribution >= 4 is 0 Å². The first kappa shape index (κ1) is 25.8. The summed E-state index contributed by atoms with van der Waals surface area (Å²) in [4.78, 5) is 0. The van der Waals surface area contributed by atoms with Crippen molar-refractivity contribution in [2.75, 3.05) is 0 Å². The van der Waals surface area contributed by atoms with Gasteiger partial charge in [0.2, 0.25) is 0 Å². The first-order valence-electron chi connectivity index (χ1n) is 15.9.